The van der Waals surface area contributed by atoms with Crippen molar-refractivity contribution in [2.45, 2.75) is 17.7 Å². The second-order valence-electron chi connectivity index (χ2n) is 7.61. The molecule has 2 N–H and O–H groups in total. The smallest absolute Gasteiger partial charge is 0.243 e. The summed E-state index contributed by atoms with van der Waals surface area (Å²) in [6, 6.07) is 13.6. The standard InChI is InChI=1S/C22H26N4O5S/c27-21(16-23-19-7-1-2-8-20(19)26-10-4-9-22(26)28)24-17-5-3-6-18(15-17)32(29,30)25-11-13-31-14-12-25/h1-3,5-8,15,23H,4,9-14,16H2,(H,24,27). The van der Waals surface area contributed by atoms with Gasteiger partial charge in [0.1, 0.15) is 0 Å². The third-order valence-corrected chi connectivity index (χ3v) is 7.33. The van der Waals surface area contributed by atoms with Gasteiger partial charge in [0.2, 0.25) is 21.8 Å². The third kappa shape index (κ3) is 4.93. The van der Waals surface area contributed by atoms with E-state index >= 15 is 0 Å². The number of hydrogen-bond donors (Lipinski definition) is 2. The number of para-hydroxylation sites is 2. The summed E-state index contributed by atoms with van der Waals surface area (Å²) in [6.07, 6.45) is 1.34. The predicted octanol–water partition coefficient (Wildman–Crippen LogP) is 1.88. The van der Waals surface area contributed by atoms with E-state index in [0.717, 1.165) is 12.1 Å². The zero-order chi connectivity index (χ0) is 22.6. The Labute approximate surface area is 187 Å². The molecule has 0 radical (unpaired) electrons. The lowest BCUT2D eigenvalue weighted by molar-refractivity contribution is -0.117. The highest BCUT2D eigenvalue weighted by molar-refractivity contribution is 7.89. The van der Waals surface area contributed by atoms with Crippen molar-refractivity contribution in [2.24, 2.45) is 0 Å². The molecule has 170 valence electrons. The van der Waals surface area contributed by atoms with Crippen molar-refractivity contribution in [3.63, 3.8) is 0 Å². The molecular formula is C22H26N4O5S. The van der Waals surface area contributed by atoms with Crippen molar-refractivity contribution in [3.8, 4) is 0 Å². The molecule has 0 aromatic heterocycles. The van der Waals surface area contributed by atoms with Gasteiger partial charge in [0, 0.05) is 31.7 Å². The van der Waals surface area contributed by atoms with Crippen molar-refractivity contribution in [1.82, 2.24) is 4.31 Å². The number of carbonyl (C=O) groups is 2. The van der Waals surface area contributed by atoms with E-state index in [9.17, 15) is 18.0 Å². The Kier molecular flexibility index (Phi) is 6.73. The Morgan fingerprint density at radius 1 is 1.03 bits per heavy atom. The molecule has 2 saturated heterocycles. The van der Waals surface area contributed by atoms with E-state index in [1.807, 2.05) is 24.3 Å². The molecule has 0 bridgehead atoms. The van der Waals surface area contributed by atoms with E-state index in [2.05, 4.69) is 10.6 Å². The number of benzene rings is 2. The second-order valence-corrected chi connectivity index (χ2v) is 9.55. The minimum absolute atomic E-state index is 0.0283. The summed E-state index contributed by atoms with van der Waals surface area (Å²) in [5, 5.41) is 5.82. The van der Waals surface area contributed by atoms with Crippen LogP contribution in [0.25, 0.3) is 0 Å². The summed E-state index contributed by atoms with van der Waals surface area (Å²) in [4.78, 5) is 26.5. The molecule has 9 nitrogen and oxygen atoms in total. The average Bonchev–Trinajstić information content (AvgIpc) is 3.24. The van der Waals surface area contributed by atoms with E-state index in [1.54, 1.807) is 17.0 Å². The number of morpholine rings is 1. The minimum Gasteiger partial charge on any atom is -0.379 e. The Hall–Kier alpha value is -2.95. The summed E-state index contributed by atoms with van der Waals surface area (Å²) < 4.78 is 32.3. The SMILES string of the molecule is O=C(CNc1ccccc1N1CCCC1=O)Nc1cccc(S(=O)(=O)N2CCOCC2)c1. The molecule has 2 aliphatic heterocycles. The average molecular weight is 459 g/mol. The Morgan fingerprint density at radius 2 is 1.81 bits per heavy atom. The fourth-order valence-corrected chi connectivity index (χ4v) is 5.27. The lowest BCUT2D eigenvalue weighted by Crippen LogP contribution is -2.40. The molecule has 0 spiro atoms. The number of amides is 2. The van der Waals surface area contributed by atoms with E-state index in [4.69, 9.17) is 4.74 Å². The number of carbonyl (C=O) groups excluding carboxylic acids is 2. The summed E-state index contributed by atoms with van der Waals surface area (Å²) in [5.41, 5.74) is 1.84. The van der Waals surface area contributed by atoms with Crippen LogP contribution < -0.4 is 15.5 Å². The summed E-state index contributed by atoms with van der Waals surface area (Å²) in [6.45, 7) is 1.98. The van der Waals surface area contributed by atoms with Crippen molar-refractivity contribution < 1.29 is 22.7 Å². The van der Waals surface area contributed by atoms with Crippen LogP contribution in [-0.4, -0.2) is 63.9 Å². The van der Waals surface area contributed by atoms with E-state index in [1.165, 1.54) is 16.4 Å². The normalized spacial score (nSPS) is 17.4. The first kappa shape index (κ1) is 22.3. The molecule has 2 amide bonds. The largest absolute Gasteiger partial charge is 0.379 e. The van der Waals surface area contributed by atoms with Gasteiger partial charge in [-0.1, -0.05) is 18.2 Å². The molecule has 0 saturated carbocycles. The fraction of sp³-hybridized carbons (Fsp3) is 0.364. The number of nitrogens with zero attached hydrogens (tertiary/aromatic N) is 2. The lowest BCUT2D eigenvalue weighted by atomic mass is 10.2. The Bertz CT molecular complexity index is 1100. The summed E-state index contributed by atoms with van der Waals surface area (Å²) in [7, 11) is -3.65. The summed E-state index contributed by atoms with van der Waals surface area (Å²) >= 11 is 0. The molecular weight excluding hydrogens is 432 g/mol. The summed E-state index contributed by atoms with van der Waals surface area (Å²) in [5.74, 6) is -0.254. The number of rotatable bonds is 7. The van der Waals surface area contributed by atoms with Crippen molar-refractivity contribution >= 4 is 38.9 Å². The first-order chi connectivity index (χ1) is 15.4. The van der Waals surface area contributed by atoms with Gasteiger partial charge >= 0.3 is 0 Å². The minimum atomic E-state index is -3.65. The monoisotopic (exact) mass is 458 g/mol. The van der Waals surface area contributed by atoms with Gasteiger partial charge in [-0.05, 0) is 36.8 Å². The van der Waals surface area contributed by atoms with Crippen LogP contribution in [0.2, 0.25) is 0 Å². The van der Waals surface area contributed by atoms with Crippen molar-refractivity contribution in [1.29, 1.82) is 0 Å². The molecule has 4 rings (SSSR count). The highest BCUT2D eigenvalue weighted by atomic mass is 32.2. The second kappa shape index (κ2) is 9.68. The highest BCUT2D eigenvalue weighted by Gasteiger charge is 2.27. The molecule has 0 aliphatic carbocycles. The highest BCUT2D eigenvalue weighted by Crippen LogP contribution is 2.29. The quantitative estimate of drug-likeness (QED) is 0.656. The molecule has 2 fully saturated rings. The number of sulfonamides is 1. The number of nitrogens with one attached hydrogen (secondary N) is 2. The van der Waals surface area contributed by atoms with Crippen LogP contribution in [0.5, 0.6) is 0 Å². The van der Waals surface area contributed by atoms with Gasteiger partial charge in [0.25, 0.3) is 0 Å². The van der Waals surface area contributed by atoms with Gasteiger partial charge in [0.15, 0.2) is 0 Å². The third-order valence-electron chi connectivity index (χ3n) is 5.43. The molecule has 0 unspecified atom stereocenters. The zero-order valence-corrected chi connectivity index (χ0v) is 18.4. The maximum atomic E-state index is 12.8. The van der Waals surface area contributed by atoms with Gasteiger partial charge in [-0.2, -0.15) is 4.31 Å². The van der Waals surface area contributed by atoms with Crippen LogP contribution in [0.1, 0.15) is 12.8 Å². The number of ether oxygens (including phenoxy) is 1. The number of anilines is 3. The van der Waals surface area contributed by atoms with Gasteiger partial charge in [0.05, 0.1) is 36.0 Å². The van der Waals surface area contributed by atoms with Crippen LogP contribution in [0, 0.1) is 0 Å². The van der Waals surface area contributed by atoms with Crippen molar-refractivity contribution in [3.05, 3.63) is 48.5 Å². The Morgan fingerprint density at radius 3 is 2.56 bits per heavy atom. The first-order valence-electron chi connectivity index (χ1n) is 10.6. The lowest BCUT2D eigenvalue weighted by Gasteiger charge is -2.26. The molecule has 2 aromatic carbocycles. The fourth-order valence-electron chi connectivity index (χ4n) is 3.81. The van der Waals surface area contributed by atoms with Gasteiger partial charge < -0.3 is 20.3 Å². The zero-order valence-electron chi connectivity index (χ0n) is 17.6. The molecule has 32 heavy (non-hydrogen) atoms. The Balaban J connectivity index is 1.40. The van der Waals surface area contributed by atoms with E-state index in [-0.39, 0.29) is 23.3 Å². The van der Waals surface area contributed by atoms with E-state index in [0.29, 0.717) is 50.6 Å². The van der Waals surface area contributed by atoms with Crippen molar-refractivity contribution in [2.75, 3.05) is 54.9 Å². The van der Waals surface area contributed by atoms with Crippen LogP contribution in [0.15, 0.2) is 53.4 Å². The van der Waals surface area contributed by atoms with E-state index < -0.39 is 10.0 Å². The topological polar surface area (TPSA) is 108 Å². The van der Waals surface area contributed by atoms with Crippen LogP contribution in [0.3, 0.4) is 0 Å². The molecule has 2 heterocycles. The maximum Gasteiger partial charge on any atom is 0.243 e. The van der Waals surface area contributed by atoms with Gasteiger partial charge in [-0.15, -0.1) is 0 Å². The van der Waals surface area contributed by atoms with Gasteiger partial charge in [-0.25, -0.2) is 8.42 Å². The molecule has 2 aliphatic rings. The molecule has 2 aromatic rings. The number of hydrogen-bond acceptors (Lipinski definition) is 6. The van der Waals surface area contributed by atoms with Crippen LogP contribution in [0.4, 0.5) is 17.1 Å². The maximum absolute atomic E-state index is 12.8. The first-order valence-corrected chi connectivity index (χ1v) is 12.0. The van der Waals surface area contributed by atoms with Crippen LogP contribution in [-0.2, 0) is 24.3 Å². The molecule has 10 heteroatoms. The van der Waals surface area contributed by atoms with Crippen LogP contribution >= 0.6 is 0 Å². The molecule has 0 atom stereocenters. The van der Waals surface area contributed by atoms with Gasteiger partial charge in [-0.3, -0.25) is 9.59 Å². The predicted molar refractivity (Wildman–Crippen MR) is 121 cm³/mol.